The molecule has 1 aromatic rings. The van der Waals surface area contributed by atoms with E-state index >= 15 is 0 Å². The summed E-state index contributed by atoms with van der Waals surface area (Å²) in [5.74, 6) is 1.33. The van der Waals surface area contributed by atoms with Crippen molar-refractivity contribution in [2.75, 3.05) is 13.1 Å². The Labute approximate surface area is 145 Å². The van der Waals surface area contributed by atoms with Gasteiger partial charge in [-0.15, -0.1) is 0 Å². The third-order valence-electron chi connectivity index (χ3n) is 5.99. The minimum atomic E-state index is -3.33. The number of rotatable bonds is 3. The number of hydrogen-bond acceptors (Lipinski definition) is 3. The molecule has 0 amide bonds. The average Bonchev–Trinajstić information content (AvgIpc) is 3.06. The second kappa shape index (κ2) is 5.55. The normalized spacial score (nSPS) is 35.6. The van der Waals surface area contributed by atoms with Crippen molar-refractivity contribution in [3.8, 4) is 0 Å². The molecule has 1 aliphatic heterocycles. The van der Waals surface area contributed by atoms with Crippen LogP contribution in [-0.2, 0) is 20.5 Å². The van der Waals surface area contributed by atoms with Crippen LogP contribution in [0.2, 0.25) is 0 Å². The van der Waals surface area contributed by atoms with Crippen molar-refractivity contribution in [2.24, 2.45) is 11.8 Å². The monoisotopic (exact) mass is 349 g/mol. The smallest absolute Gasteiger partial charge is 0.218 e. The lowest BCUT2D eigenvalue weighted by Crippen LogP contribution is -2.62. The van der Waals surface area contributed by atoms with Gasteiger partial charge in [0.05, 0.1) is 17.0 Å². The summed E-state index contributed by atoms with van der Waals surface area (Å²) in [6.07, 6.45) is 4.71. The molecule has 1 aromatic carbocycles. The molecule has 132 valence electrons. The van der Waals surface area contributed by atoms with Crippen LogP contribution in [0.15, 0.2) is 30.3 Å². The standard InChI is InChI=1S/C19H27NO3S/c1-18(2)13-20(24(21,22)12-15-6-4-3-5-7-15)14-19(23-18)11-16-8-9-17(19)10-16/h3-7,16-17H,8-14H2,1-2H3/t16-,17+,19+/m1/s1. The third-order valence-corrected chi connectivity index (χ3v) is 7.73. The van der Waals surface area contributed by atoms with E-state index in [9.17, 15) is 8.42 Å². The summed E-state index contributed by atoms with van der Waals surface area (Å²) in [4.78, 5) is 0. The van der Waals surface area contributed by atoms with Gasteiger partial charge in [0.15, 0.2) is 0 Å². The SMILES string of the molecule is CC1(C)CN(S(=O)(=O)Cc2ccccc2)C[C@]2(C[C@@H]3CC[C@H]2C3)O1. The molecule has 5 heteroatoms. The van der Waals surface area contributed by atoms with E-state index in [1.54, 1.807) is 4.31 Å². The van der Waals surface area contributed by atoms with Crippen molar-refractivity contribution >= 4 is 10.0 Å². The molecule has 3 fully saturated rings. The number of morpholine rings is 1. The Morgan fingerprint density at radius 1 is 1.17 bits per heavy atom. The van der Waals surface area contributed by atoms with Crippen LogP contribution in [0.4, 0.5) is 0 Å². The van der Waals surface area contributed by atoms with Gasteiger partial charge < -0.3 is 4.74 Å². The molecule has 0 N–H and O–H groups in total. The highest BCUT2D eigenvalue weighted by molar-refractivity contribution is 7.88. The van der Waals surface area contributed by atoms with Crippen LogP contribution < -0.4 is 0 Å². The van der Waals surface area contributed by atoms with Crippen LogP contribution in [0.25, 0.3) is 0 Å². The fourth-order valence-corrected chi connectivity index (χ4v) is 6.90. The maximum atomic E-state index is 13.1. The number of fused-ring (bicyclic) bond motifs is 3. The summed E-state index contributed by atoms with van der Waals surface area (Å²) in [5, 5.41) is 0. The van der Waals surface area contributed by atoms with Crippen LogP contribution in [0.1, 0.15) is 45.1 Å². The molecule has 2 saturated carbocycles. The summed E-state index contributed by atoms with van der Waals surface area (Å²) in [6, 6.07) is 9.47. The maximum absolute atomic E-state index is 13.1. The zero-order valence-electron chi connectivity index (χ0n) is 14.6. The zero-order chi connectivity index (χ0) is 17.0. The highest BCUT2D eigenvalue weighted by Gasteiger charge is 2.58. The highest BCUT2D eigenvalue weighted by Crippen LogP contribution is 2.55. The Morgan fingerprint density at radius 2 is 1.92 bits per heavy atom. The number of ether oxygens (including phenoxy) is 1. The van der Waals surface area contributed by atoms with Gasteiger partial charge in [0, 0.05) is 13.1 Å². The van der Waals surface area contributed by atoms with E-state index in [1.807, 2.05) is 44.2 Å². The molecule has 2 aliphatic carbocycles. The Kier molecular flexibility index (Phi) is 3.83. The van der Waals surface area contributed by atoms with E-state index < -0.39 is 15.6 Å². The molecule has 0 aromatic heterocycles. The lowest BCUT2D eigenvalue weighted by Gasteiger charge is -2.51. The Hall–Kier alpha value is -0.910. The molecule has 3 aliphatic rings. The van der Waals surface area contributed by atoms with Gasteiger partial charge in [0.25, 0.3) is 0 Å². The maximum Gasteiger partial charge on any atom is 0.218 e. The number of nitrogens with zero attached hydrogens (tertiary/aromatic N) is 1. The first kappa shape index (κ1) is 16.6. The summed E-state index contributed by atoms with van der Waals surface area (Å²) in [6.45, 7) is 5.05. The predicted octanol–water partition coefficient (Wildman–Crippen LogP) is 3.19. The van der Waals surface area contributed by atoms with Gasteiger partial charge in [0.2, 0.25) is 10.0 Å². The van der Waals surface area contributed by atoms with Crippen molar-refractivity contribution in [2.45, 2.75) is 56.5 Å². The second-order valence-electron chi connectivity index (χ2n) is 8.52. The molecule has 4 rings (SSSR count). The summed E-state index contributed by atoms with van der Waals surface area (Å²) in [5.41, 5.74) is 0.171. The van der Waals surface area contributed by atoms with Crippen LogP contribution in [0, 0.1) is 11.8 Å². The third kappa shape index (κ3) is 2.91. The molecule has 1 saturated heterocycles. The van der Waals surface area contributed by atoms with Crippen molar-refractivity contribution in [3.63, 3.8) is 0 Å². The number of hydrogen-bond donors (Lipinski definition) is 0. The van der Waals surface area contributed by atoms with Gasteiger partial charge in [-0.3, -0.25) is 0 Å². The molecule has 2 bridgehead atoms. The van der Waals surface area contributed by atoms with E-state index in [1.165, 1.54) is 19.3 Å². The van der Waals surface area contributed by atoms with Gasteiger partial charge in [-0.05, 0) is 56.9 Å². The van der Waals surface area contributed by atoms with Crippen LogP contribution in [-0.4, -0.2) is 37.0 Å². The van der Waals surface area contributed by atoms with E-state index in [2.05, 4.69) is 0 Å². The summed E-state index contributed by atoms with van der Waals surface area (Å²) in [7, 11) is -3.33. The fraction of sp³-hybridized carbons (Fsp3) is 0.684. The number of sulfonamides is 1. The Balaban J connectivity index is 1.60. The largest absolute Gasteiger partial charge is 0.366 e. The fourth-order valence-electron chi connectivity index (χ4n) is 5.18. The first-order valence-corrected chi connectivity index (χ1v) is 10.6. The molecule has 24 heavy (non-hydrogen) atoms. The molecule has 4 nitrogen and oxygen atoms in total. The van der Waals surface area contributed by atoms with E-state index in [0.29, 0.717) is 19.0 Å². The molecule has 1 spiro atoms. The zero-order valence-corrected chi connectivity index (χ0v) is 15.4. The van der Waals surface area contributed by atoms with Crippen LogP contribution in [0.3, 0.4) is 0 Å². The quantitative estimate of drug-likeness (QED) is 0.842. The lowest BCUT2D eigenvalue weighted by atomic mass is 9.81. The first-order chi connectivity index (χ1) is 11.3. The van der Waals surface area contributed by atoms with Crippen molar-refractivity contribution in [1.82, 2.24) is 4.31 Å². The van der Waals surface area contributed by atoms with Gasteiger partial charge in [-0.1, -0.05) is 30.3 Å². The topological polar surface area (TPSA) is 46.6 Å². The first-order valence-electron chi connectivity index (χ1n) is 9.00. The molecule has 1 heterocycles. The molecule has 0 radical (unpaired) electrons. The molecule has 0 unspecified atom stereocenters. The van der Waals surface area contributed by atoms with Gasteiger partial charge in [0.1, 0.15) is 0 Å². The number of benzene rings is 1. The summed E-state index contributed by atoms with van der Waals surface area (Å²) < 4.78 is 34.4. The van der Waals surface area contributed by atoms with Gasteiger partial charge in [-0.25, -0.2) is 8.42 Å². The van der Waals surface area contributed by atoms with E-state index in [-0.39, 0.29) is 11.4 Å². The van der Waals surface area contributed by atoms with E-state index in [0.717, 1.165) is 17.9 Å². The molecular weight excluding hydrogens is 322 g/mol. The summed E-state index contributed by atoms with van der Waals surface area (Å²) >= 11 is 0. The Morgan fingerprint density at radius 3 is 2.54 bits per heavy atom. The van der Waals surface area contributed by atoms with Crippen LogP contribution in [0.5, 0.6) is 0 Å². The van der Waals surface area contributed by atoms with Crippen LogP contribution >= 0.6 is 0 Å². The predicted molar refractivity (Wildman–Crippen MR) is 94.0 cm³/mol. The van der Waals surface area contributed by atoms with Crippen molar-refractivity contribution in [1.29, 1.82) is 0 Å². The Bertz CT molecular complexity index is 715. The van der Waals surface area contributed by atoms with Crippen molar-refractivity contribution < 1.29 is 13.2 Å². The molecular formula is C19H27NO3S. The van der Waals surface area contributed by atoms with Crippen molar-refractivity contribution in [3.05, 3.63) is 35.9 Å². The molecule has 3 atom stereocenters. The van der Waals surface area contributed by atoms with E-state index in [4.69, 9.17) is 4.74 Å². The van der Waals surface area contributed by atoms with Gasteiger partial charge in [-0.2, -0.15) is 4.31 Å². The lowest BCUT2D eigenvalue weighted by molar-refractivity contribution is -0.203. The minimum absolute atomic E-state index is 0.0775. The van der Waals surface area contributed by atoms with Gasteiger partial charge >= 0.3 is 0 Å². The minimum Gasteiger partial charge on any atom is -0.366 e. The highest BCUT2D eigenvalue weighted by atomic mass is 32.2. The average molecular weight is 349 g/mol. The second-order valence-corrected chi connectivity index (χ2v) is 10.5.